The summed E-state index contributed by atoms with van der Waals surface area (Å²) in [6, 6.07) is 15.1. The summed E-state index contributed by atoms with van der Waals surface area (Å²) in [4.78, 5) is 30.0. The fourth-order valence-electron chi connectivity index (χ4n) is 3.41. The highest BCUT2D eigenvalue weighted by molar-refractivity contribution is 5.99. The first kappa shape index (κ1) is 13.8. The van der Waals surface area contributed by atoms with E-state index in [0.29, 0.717) is 12.1 Å². The Balaban J connectivity index is 1.99. The third-order valence-electron chi connectivity index (χ3n) is 4.36. The van der Waals surface area contributed by atoms with Gasteiger partial charge in [-0.25, -0.2) is 4.79 Å². The highest BCUT2D eigenvalue weighted by Gasteiger charge is 2.38. The molecule has 1 aliphatic rings. The summed E-state index contributed by atoms with van der Waals surface area (Å²) in [7, 11) is 0. The SMILES string of the molecule is CCCN1C(=O)c2ccccc2C1n1c(=O)[nH]c2ccccc21. The zero-order chi connectivity index (χ0) is 16.0. The van der Waals surface area contributed by atoms with E-state index in [1.165, 1.54) is 0 Å². The van der Waals surface area contributed by atoms with Crippen LogP contribution in [0.15, 0.2) is 53.3 Å². The lowest BCUT2D eigenvalue weighted by molar-refractivity contribution is 0.0701. The number of imidazole rings is 1. The van der Waals surface area contributed by atoms with Gasteiger partial charge in [0.2, 0.25) is 0 Å². The van der Waals surface area contributed by atoms with E-state index >= 15 is 0 Å². The van der Waals surface area contributed by atoms with Crippen LogP contribution in [-0.4, -0.2) is 26.9 Å². The second-order valence-electron chi connectivity index (χ2n) is 5.78. The van der Waals surface area contributed by atoms with E-state index in [-0.39, 0.29) is 17.8 Å². The summed E-state index contributed by atoms with van der Waals surface area (Å²) in [5.41, 5.74) is 2.97. The molecule has 1 atom stereocenters. The molecule has 0 aliphatic carbocycles. The number of nitrogens with one attached hydrogen (secondary N) is 1. The zero-order valence-electron chi connectivity index (χ0n) is 12.8. The van der Waals surface area contributed by atoms with Crippen molar-refractivity contribution >= 4 is 16.9 Å². The predicted molar refractivity (Wildman–Crippen MR) is 88.5 cm³/mol. The molecule has 3 aromatic rings. The van der Waals surface area contributed by atoms with Gasteiger partial charge < -0.3 is 9.88 Å². The maximum atomic E-state index is 12.7. The van der Waals surface area contributed by atoms with Gasteiger partial charge in [-0.05, 0) is 24.6 Å². The Kier molecular flexibility index (Phi) is 3.08. The van der Waals surface area contributed by atoms with Gasteiger partial charge in [-0.2, -0.15) is 0 Å². The molecule has 1 unspecified atom stereocenters. The number of hydrogen-bond acceptors (Lipinski definition) is 2. The molecule has 2 aromatic carbocycles. The molecule has 0 spiro atoms. The standard InChI is InChI=1S/C18H17N3O2/c1-2-11-20-16(12-7-3-4-8-13(12)17(20)22)21-15-10-6-5-9-14(15)19-18(21)23/h3-10,16H,2,11H2,1H3,(H,19,23). The van der Waals surface area contributed by atoms with Crippen molar-refractivity contribution < 1.29 is 4.79 Å². The predicted octanol–water partition coefficient (Wildman–Crippen LogP) is 2.74. The van der Waals surface area contributed by atoms with E-state index in [2.05, 4.69) is 4.98 Å². The fraction of sp³-hybridized carbons (Fsp3) is 0.222. The van der Waals surface area contributed by atoms with Gasteiger partial charge in [0.05, 0.1) is 11.0 Å². The number of nitrogens with zero attached hydrogens (tertiary/aromatic N) is 2. The summed E-state index contributed by atoms with van der Waals surface area (Å²) in [6.07, 6.45) is 0.454. The van der Waals surface area contributed by atoms with E-state index < -0.39 is 0 Å². The molecule has 0 fully saturated rings. The molecule has 1 amide bonds. The zero-order valence-corrected chi connectivity index (χ0v) is 12.8. The van der Waals surface area contributed by atoms with Crippen molar-refractivity contribution in [1.29, 1.82) is 0 Å². The minimum atomic E-state index is -0.387. The monoisotopic (exact) mass is 307 g/mol. The van der Waals surface area contributed by atoms with Crippen molar-refractivity contribution in [3.63, 3.8) is 0 Å². The first-order chi connectivity index (χ1) is 11.2. The normalized spacial score (nSPS) is 17.0. The van der Waals surface area contributed by atoms with Crippen LogP contribution in [0.1, 0.15) is 35.4 Å². The lowest BCUT2D eigenvalue weighted by Crippen LogP contribution is -2.36. The van der Waals surface area contributed by atoms with Crippen LogP contribution in [0.2, 0.25) is 0 Å². The summed E-state index contributed by atoms with van der Waals surface area (Å²) in [5.74, 6) is -0.00960. The van der Waals surface area contributed by atoms with E-state index in [4.69, 9.17) is 0 Å². The van der Waals surface area contributed by atoms with Gasteiger partial charge in [0, 0.05) is 17.7 Å². The number of rotatable bonds is 3. The van der Waals surface area contributed by atoms with Crippen LogP contribution in [0.3, 0.4) is 0 Å². The van der Waals surface area contributed by atoms with Crippen molar-refractivity contribution in [3.8, 4) is 0 Å². The van der Waals surface area contributed by atoms with Gasteiger partial charge in [0.1, 0.15) is 6.17 Å². The fourth-order valence-corrected chi connectivity index (χ4v) is 3.41. The number of aromatic amines is 1. The number of fused-ring (bicyclic) bond motifs is 2. The van der Waals surface area contributed by atoms with E-state index in [0.717, 1.165) is 23.0 Å². The molecule has 5 heteroatoms. The van der Waals surface area contributed by atoms with Gasteiger partial charge in [-0.1, -0.05) is 37.3 Å². The van der Waals surface area contributed by atoms with Crippen molar-refractivity contribution in [3.05, 3.63) is 70.1 Å². The third-order valence-corrected chi connectivity index (χ3v) is 4.36. The smallest absolute Gasteiger partial charge is 0.313 e. The maximum absolute atomic E-state index is 12.7. The highest BCUT2D eigenvalue weighted by Crippen LogP contribution is 2.35. The largest absolute Gasteiger partial charge is 0.328 e. The summed E-state index contributed by atoms with van der Waals surface area (Å²) in [6.45, 7) is 2.65. The second-order valence-corrected chi connectivity index (χ2v) is 5.78. The number of benzene rings is 2. The lowest BCUT2D eigenvalue weighted by atomic mass is 10.1. The Morgan fingerprint density at radius 3 is 2.61 bits per heavy atom. The van der Waals surface area contributed by atoms with Gasteiger partial charge in [0.25, 0.3) is 5.91 Å². The Morgan fingerprint density at radius 1 is 1.04 bits per heavy atom. The van der Waals surface area contributed by atoms with Crippen molar-refractivity contribution in [2.24, 2.45) is 0 Å². The number of hydrogen-bond donors (Lipinski definition) is 1. The average molecular weight is 307 g/mol. The minimum absolute atomic E-state index is 0.00960. The van der Waals surface area contributed by atoms with Crippen LogP contribution in [-0.2, 0) is 0 Å². The van der Waals surface area contributed by atoms with Crippen LogP contribution >= 0.6 is 0 Å². The van der Waals surface area contributed by atoms with Crippen LogP contribution < -0.4 is 5.69 Å². The molecular formula is C18H17N3O2. The summed E-state index contributed by atoms with van der Waals surface area (Å²) in [5, 5.41) is 0. The second kappa shape index (κ2) is 5.12. The number of aromatic nitrogens is 2. The summed E-state index contributed by atoms with van der Waals surface area (Å²) < 4.78 is 1.69. The molecule has 23 heavy (non-hydrogen) atoms. The minimum Gasteiger partial charge on any atom is -0.313 e. The number of amides is 1. The summed E-state index contributed by atoms with van der Waals surface area (Å²) >= 11 is 0. The van der Waals surface area contributed by atoms with Crippen molar-refractivity contribution in [2.45, 2.75) is 19.5 Å². The Hall–Kier alpha value is -2.82. The first-order valence-electron chi connectivity index (χ1n) is 7.81. The van der Waals surface area contributed by atoms with E-state index in [1.807, 2.05) is 55.5 Å². The van der Waals surface area contributed by atoms with E-state index in [1.54, 1.807) is 9.47 Å². The van der Waals surface area contributed by atoms with Crippen molar-refractivity contribution in [2.75, 3.05) is 6.54 Å². The highest BCUT2D eigenvalue weighted by atomic mass is 16.2. The Morgan fingerprint density at radius 2 is 1.78 bits per heavy atom. The quantitative estimate of drug-likeness (QED) is 0.809. The maximum Gasteiger partial charge on any atom is 0.328 e. The molecular weight excluding hydrogens is 290 g/mol. The molecule has 1 aliphatic heterocycles. The Labute approximate surface area is 133 Å². The number of carbonyl (C=O) groups excluding carboxylic acids is 1. The molecule has 116 valence electrons. The molecule has 1 N–H and O–H groups in total. The molecule has 4 rings (SSSR count). The first-order valence-corrected chi connectivity index (χ1v) is 7.81. The van der Waals surface area contributed by atoms with Crippen molar-refractivity contribution in [1.82, 2.24) is 14.5 Å². The molecule has 0 saturated heterocycles. The van der Waals surface area contributed by atoms with Gasteiger partial charge in [0.15, 0.2) is 0 Å². The van der Waals surface area contributed by atoms with Gasteiger partial charge in [-0.3, -0.25) is 9.36 Å². The van der Waals surface area contributed by atoms with Crippen LogP contribution in [0.5, 0.6) is 0 Å². The average Bonchev–Trinajstić information content (AvgIpc) is 3.03. The number of H-pyrrole nitrogens is 1. The molecule has 0 radical (unpaired) electrons. The molecule has 0 bridgehead atoms. The van der Waals surface area contributed by atoms with Gasteiger partial charge in [-0.15, -0.1) is 0 Å². The van der Waals surface area contributed by atoms with Gasteiger partial charge >= 0.3 is 5.69 Å². The number of carbonyl (C=O) groups is 1. The topological polar surface area (TPSA) is 58.1 Å². The molecule has 2 heterocycles. The Bertz CT molecular complexity index is 954. The van der Waals surface area contributed by atoms with E-state index in [9.17, 15) is 9.59 Å². The lowest BCUT2D eigenvalue weighted by Gasteiger charge is -2.26. The van der Waals surface area contributed by atoms with Crippen LogP contribution in [0.4, 0.5) is 0 Å². The van der Waals surface area contributed by atoms with Crippen LogP contribution in [0, 0.1) is 0 Å². The molecule has 0 saturated carbocycles. The molecule has 5 nitrogen and oxygen atoms in total. The number of para-hydroxylation sites is 2. The third kappa shape index (κ3) is 1.93. The molecule has 1 aromatic heterocycles. The van der Waals surface area contributed by atoms with Crippen LogP contribution in [0.25, 0.3) is 11.0 Å².